The van der Waals surface area contributed by atoms with E-state index in [1.165, 1.54) is 0 Å². The van der Waals surface area contributed by atoms with Gasteiger partial charge in [0.1, 0.15) is 18.5 Å². The highest BCUT2D eigenvalue weighted by molar-refractivity contribution is 5.21. The maximum absolute atomic E-state index is 10.4. The van der Waals surface area contributed by atoms with Crippen molar-refractivity contribution >= 4 is 5.69 Å². The Kier molecular flexibility index (Phi) is 3.25. The molecular formula is C9H12N4O3. The summed E-state index contributed by atoms with van der Waals surface area (Å²) < 4.78 is 5.51. The average Bonchev–Trinajstić information content (AvgIpc) is 2.31. The van der Waals surface area contributed by atoms with Gasteiger partial charge in [-0.15, -0.1) is 0 Å². The molecule has 0 amide bonds. The smallest absolute Gasteiger partial charge is 0.317 e. The highest BCUT2D eigenvalue weighted by atomic mass is 16.6. The topological polar surface area (TPSA) is 90.2 Å². The fraction of sp³-hybridized carbons (Fsp3) is 0.556. The van der Waals surface area contributed by atoms with Crippen molar-refractivity contribution in [3.8, 4) is 6.01 Å². The van der Waals surface area contributed by atoms with Gasteiger partial charge >= 0.3 is 11.7 Å². The number of nitrogens with zero attached hydrogens (tertiary/aromatic N) is 3. The second kappa shape index (κ2) is 4.84. The number of hydrogen-bond acceptors (Lipinski definition) is 6. The first kappa shape index (κ1) is 10.7. The summed E-state index contributed by atoms with van der Waals surface area (Å²) in [6.07, 6.45) is 4.22. The van der Waals surface area contributed by atoms with Gasteiger partial charge in [-0.25, -0.2) is 0 Å². The van der Waals surface area contributed by atoms with Crippen molar-refractivity contribution in [1.29, 1.82) is 0 Å². The van der Waals surface area contributed by atoms with Gasteiger partial charge in [-0.3, -0.25) is 10.1 Å². The van der Waals surface area contributed by atoms with Gasteiger partial charge < -0.3 is 10.1 Å². The second-order valence-corrected chi connectivity index (χ2v) is 3.55. The van der Waals surface area contributed by atoms with Gasteiger partial charge in [0.15, 0.2) is 0 Å². The van der Waals surface area contributed by atoms with Crippen LogP contribution in [0.15, 0.2) is 12.4 Å². The van der Waals surface area contributed by atoms with Crippen LogP contribution < -0.4 is 10.1 Å². The van der Waals surface area contributed by atoms with Crippen LogP contribution in [0, 0.1) is 10.1 Å². The van der Waals surface area contributed by atoms with Crippen molar-refractivity contribution in [1.82, 2.24) is 15.3 Å². The van der Waals surface area contributed by atoms with Crippen LogP contribution in [-0.4, -0.2) is 34.1 Å². The third-order valence-corrected chi connectivity index (χ3v) is 2.38. The molecule has 0 unspecified atom stereocenters. The van der Waals surface area contributed by atoms with E-state index in [9.17, 15) is 10.1 Å². The second-order valence-electron chi connectivity index (χ2n) is 3.55. The minimum Gasteiger partial charge on any atom is -0.460 e. The molecule has 1 saturated heterocycles. The van der Waals surface area contributed by atoms with Gasteiger partial charge in [0, 0.05) is 0 Å². The molecule has 16 heavy (non-hydrogen) atoms. The first-order chi connectivity index (χ1) is 7.75. The van der Waals surface area contributed by atoms with Crippen molar-refractivity contribution < 1.29 is 9.66 Å². The Hall–Kier alpha value is -1.76. The molecule has 0 aliphatic carbocycles. The van der Waals surface area contributed by atoms with E-state index in [0.29, 0.717) is 0 Å². The zero-order valence-corrected chi connectivity index (χ0v) is 8.63. The maximum Gasteiger partial charge on any atom is 0.317 e. The number of nitro groups is 1. The van der Waals surface area contributed by atoms with Gasteiger partial charge in [-0.05, 0) is 25.9 Å². The molecule has 1 fully saturated rings. The summed E-state index contributed by atoms with van der Waals surface area (Å²) in [6.45, 7) is 1.83. The van der Waals surface area contributed by atoms with Crippen molar-refractivity contribution in [2.24, 2.45) is 0 Å². The molecule has 1 N–H and O–H groups in total. The average molecular weight is 224 g/mol. The summed E-state index contributed by atoms with van der Waals surface area (Å²) in [6, 6.07) is 0.206. The quantitative estimate of drug-likeness (QED) is 0.594. The van der Waals surface area contributed by atoms with Crippen molar-refractivity contribution in [3.63, 3.8) is 0 Å². The Bertz CT molecular complexity index is 362. The molecule has 0 bridgehead atoms. The van der Waals surface area contributed by atoms with E-state index in [0.717, 1.165) is 38.3 Å². The molecule has 0 radical (unpaired) electrons. The summed E-state index contributed by atoms with van der Waals surface area (Å²) in [5.74, 6) is 0. The number of nitrogens with one attached hydrogen (secondary N) is 1. The van der Waals surface area contributed by atoms with E-state index in [-0.39, 0.29) is 17.8 Å². The molecule has 0 saturated carbocycles. The Morgan fingerprint density at radius 3 is 2.56 bits per heavy atom. The number of aromatic nitrogens is 2. The van der Waals surface area contributed by atoms with Crippen LogP contribution in [0.25, 0.3) is 0 Å². The van der Waals surface area contributed by atoms with Crippen LogP contribution in [0.4, 0.5) is 5.69 Å². The summed E-state index contributed by atoms with van der Waals surface area (Å²) in [5, 5.41) is 13.6. The summed E-state index contributed by atoms with van der Waals surface area (Å²) in [5.41, 5.74) is -0.127. The normalized spacial score (nSPS) is 17.0. The van der Waals surface area contributed by atoms with E-state index in [1.807, 2.05) is 0 Å². The Labute approximate surface area is 92.0 Å². The monoisotopic (exact) mass is 224 g/mol. The summed E-state index contributed by atoms with van der Waals surface area (Å²) in [7, 11) is 0. The van der Waals surface area contributed by atoms with Crippen LogP contribution in [-0.2, 0) is 0 Å². The lowest BCUT2D eigenvalue weighted by Crippen LogP contribution is -2.34. The minimum atomic E-state index is -0.533. The highest BCUT2D eigenvalue weighted by Gasteiger charge is 2.16. The molecule has 86 valence electrons. The van der Waals surface area contributed by atoms with E-state index in [4.69, 9.17) is 4.74 Å². The number of piperidine rings is 1. The molecule has 0 atom stereocenters. The van der Waals surface area contributed by atoms with E-state index < -0.39 is 4.92 Å². The van der Waals surface area contributed by atoms with Gasteiger partial charge in [-0.1, -0.05) is 0 Å². The van der Waals surface area contributed by atoms with Crippen molar-refractivity contribution in [3.05, 3.63) is 22.5 Å². The Balaban J connectivity index is 1.96. The molecule has 0 spiro atoms. The Morgan fingerprint density at radius 2 is 2.00 bits per heavy atom. The van der Waals surface area contributed by atoms with E-state index >= 15 is 0 Å². The molecule has 0 aromatic carbocycles. The molecule has 1 aliphatic heterocycles. The van der Waals surface area contributed by atoms with Gasteiger partial charge in [0.25, 0.3) is 0 Å². The molecule has 1 aliphatic rings. The summed E-state index contributed by atoms with van der Waals surface area (Å²) in [4.78, 5) is 17.4. The number of hydrogen-bond donors (Lipinski definition) is 1. The lowest BCUT2D eigenvalue weighted by Gasteiger charge is -2.22. The third-order valence-electron chi connectivity index (χ3n) is 2.38. The molecule has 1 aromatic rings. The molecule has 7 heteroatoms. The van der Waals surface area contributed by atoms with Gasteiger partial charge in [0.05, 0.1) is 4.92 Å². The fourth-order valence-corrected chi connectivity index (χ4v) is 1.53. The predicted octanol–water partition coefficient (Wildman–Crippen LogP) is 0.516. The fourth-order valence-electron chi connectivity index (χ4n) is 1.53. The van der Waals surface area contributed by atoms with Gasteiger partial charge in [-0.2, -0.15) is 9.97 Å². The number of ether oxygens (including phenoxy) is 1. The first-order valence-corrected chi connectivity index (χ1v) is 5.09. The predicted molar refractivity (Wildman–Crippen MR) is 55.2 cm³/mol. The van der Waals surface area contributed by atoms with Crippen LogP contribution >= 0.6 is 0 Å². The van der Waals surface area contributed by atoms with E-state index in [1.54, 1.807) is 0 Å². The van der Waals surface area contributed by atoms with Crippen LogP contribution in [0.3, 0.4) is 0 Å². The molecule has 7 nitrogen and oxygen atoms in total. The van der Waals surface area contributed by atoms with Gasteiger partial charge in [0.2, 0.25) is 0 Å². The molecule has 1 aromatic heterocycles. The maximum atomic E-state index is 10.4. The van der Waals surface area contributed by atoms with Crippen molar-refractivity contribution in [2.45, 2.75) is 18.9 Å². The van der Waals surface area contributed by atoms with E-state index in [2.05, 4.69) is 15.3 Å². The highest BCUT2D eigenvalue weighted by Crippen LogP contribution is 2.14. The third kappa shape index (κ3) is 2.63. The SMILES string of the molecule is O=[N+]([O-])c1cnc(OC2CCNCC2)nc1. The van der Waals surface area contributed by atoms with Crippen LogP contribution in [0.5, 0.6) is 6.01 Å². The molecular weight excluding hydrogens is 212 g/mol. The lowest BCUT2D eigenvalue weighted by molar-refractivity contribution is -0.385. The van der Waals surface area contributed by atoms with Crippen molar-refractivity contribution in [2.75, 3.05) is 13.1 Å². The first-order valence-electron chi connectivity index (χ1n) is 5.09. The Morgan fingerprint density at radius 1 is 1.38 bits per heavy atom. The summed E-state index contributed by atoms with van der Waals surface area (Å²) >= 11 is 0. The zero-order valence-electron chi connectivity index (χ0n) is 8.63. The standard InChI is InChI=1S/C9H12N4O3/c14-13(15)7-5-11-9(12-6-7)16-8-1-3-10-4-2-8/h5-6,8,10H,1-4H2. The van der Waals surface area contributed by atoms with Crippen LogP contribution in [0.2, 0.25) is 0 Å². The lowest BCUT2D eigenvalue weighted by atomic mass is 10.1. The molecule has 2 heterocycles. The largest absolute Gasteiger partial charge is 0.460 e. The van der Waals surface area contributed by atoms with Crippen LogP contribution in [0.1, 0.15) is 12.8 Å². The molecule has 2 rings (SSSR count). The minimum absolute atomic E-state index is 0.0997. The zero-order chi connectivity index (χ0) is 11.4. The number of rotatable bonds is 3.